The lowest BCUT2D eigenvalue weighted by Gasteiger charge is -2.12. The molecule has 0 spiro atoms. The Morgan fingerprint density at radius 1 is 1.29 bits per heavy atom. The second-order valence-electron chi connectivity index (χ2n) is 3.79. The summed E-state index contributed by atoms with van der Waals surface area (Å²) >= 11 is 0. The van der Waals surface area contributed by atoms with Crippen molar-refractivity contribution in [3.8, 4) is 17.0 Å². The Bertz CT molecular complexity index is 640. The van der Waals surface area contributed by atoms with Crippen molar-refractivity contribution >= 4 is 5.97 Å². The predicted molar refractivity (Wildman–Crippen MR) is 64.5 cm³/mol. The van der Waals surface area contributed by atoms with Gasteiger partial charge in [-0.05, 0) is 19.1 Å². The van der Waals surface area contributed by atoms with Gasteiger partial charge in [-0.1, -0.05) is 12.1 Å². The number of carbonyl (C=O) groups is 1. The summed E-state index contributed by atoms with van der Waals surface area (Å²) in [6.07, 6.45) is -4.86. The Morgan fingerprint density at radius 3 is 2.67 bits per heavy atom. The van der Waals surface area contributed by atoms with E-state index in [9.17, 15) is 18.0 Å². The number of benzene rings is 1. The van der Waals surface area contributed by atoms with E-state index in [1.54, 1.807) is 6.92 Å². The summed E-state index contributed by atoms with van der Waals surface area (Å²) in [5, 5.41) is 9.49. The second-order valence-corrected chi connectivity index (χ2v) is 3.79. The molecule has 112 valence electrons. The summed E-state index contributed by atoms with van der Waals surface area (Å²) in [6.45, 7) is 1.70. The molecule has 6 nitrogen and oxygen atoms in total. The highest BCUT2D eigenvalue weighted by Crippen LogP contribution is 2.33. The maximum absolute atomic E-state index is 12.4. The Kier molecular flexibility index (Phi) is 4.10. The topological polar surface area (TPSA) is 77.1 Å². The van der Waals surface area contributed by atoms with E-state index in [2.05, 4.69) is 20.1 Å². The van der Waals surface area contributed by atoms with Gasteiger partial charge in [-0.3, -0.25) is 0 Å². The largest absolute Gasteiger partial charge is 0.573 e. The van der Waals surface area contributed by atoms with E-state index < -0.39 is 18.1 Å². The van der Waals surface area contributed by atoms with E-state index in [-0.39, 0.29) is 23.6 Å². The minimum Gasteiger partial charge on any atom is -0.461 e. The van der Waals surface area contributed by atoms with Crippen LogP contribution in [0.25, 0.3) is 11.3 Å². The third-order valence-electron chi connectivity index (χ3n) is 2.38. The molecule has 1 aromatic heterocycles. The maximum Gasteiger partial charge on any atom is 0.573 e. The highest BCUT2D eigenvalue weighted by molar-refractivity contribution is 5.94. The van der Waals surface area contributed by atoms with E-state index in [4.69, 9.17) is 4.74 Å². The summed E-state index contributed by atoms with van der Waals surface area (Å²) < 4.78 is 45.8. The van der Waals surface area contributed by atoms with Gasteiger partial charge >= 0.3 is 12.3 Å². The minimum absolute atomic E-state index is 0.0216. The normalized spacial score (nSPS) is 11.2. The molecule has 0 aliphatic carbocycles. The SMILES string of the molecule is CCOC(=O)c1n[nH]nc1-c1ccccc1OC(F)(F)F. The second kappa shape index (κ2) is 5.81. The van der Waals surface area contributed by atoms with Crippen molar-refractivity contribution in [1.29, 1.82) is 0 Å². The van der Waals surface area contributed by atoms with Crippen LogP contribution < -0.4 is 4.74 Å². The molecule has 2 rings (SSSR count). The van der Waals surface area contributed by atoms with Crippen molar-refractivity contribution in [2.45, 2.75) is 13.3 Å². The van der Waals surface area contributed by atoms with Crippen molar-refractivity contribution in [2.75, 3.05) is 6.61 Å². The van der Waals surface area contributed by atoms with Gasteiger partial charge in [-0.2, -0.15) is 10.3 Å². The zero-order valence-corrected chi connectivity index (χ0v) is 10.8. The molecule has 0 unspecified atom stereocenters. The predicted octanol–water partition coefficient (Wildman–Crippen LogP) is 2.55. The Labute approximate surface area is 116 Å². The molecule has 1 aromatic carbocycles. The zero-order chi connectivity index (χ0) is 15.5. The number of ether oxygens (including phenoxy) is 2. The van der Waals surface area contributed by atoms with E-state index in [0.29, 0.717) is 0 Å². The molecule has 0 aliphatic heterocycles. The van der Waals surface area contributed by atoms with Crippen molar-refractivity contribution in [2.24, 2.45) is 0 Å². The number of alkyl halides is 3. The Morgan fingerprint density at radius 2 is 2.00 bits per heavy atom. The fraction of sp³-hybridized carbons (Fsp3) is 0.250. The lowest BCUT2D eigenvalue weighted by Crippen LogP contribution is -2.17. The Balaban J connectivity index is 2.44. The van der Waals surface area contributed by atoms with E-state index in [0.717, 1.165) is 6.07 Å². The third kappa shape index (κ3) is 3.50. The summed E-state index contributed by atoms with van der Waals surface area (Å²) in [7, 11) is 0. The van der Waals surface area contributed by atoms with Crippen LogP contribution in [0.2, 0.25) is 0 Å². The van der Waals surface area contributed by atoms with Crippen LogP contribution in [0, 0.1) is 0 Å². The van der Waals surface area contributed by atoms with Crippen LogP contribution in [-0.2, 0) is 4.74 Å². The van der Waals surface area contributed by atoms with Crippen LogP contribution in [0.3, 0.4) is 0 Å². The molecule has 1 N–H and O–H groups in total. The van der Waals surface area contributed by atoms with Gasteiger partial charge in [0.15, 0.2) is 5.69 Å². The number of carbonyl (C=O) groups excluding carboxylic acids is 1. The van der Waals surface area contributed by atoms with Crippen LogP contribution in [0.15, 0.2) is 24.3 Å². The molecule has 0 fully saturated rings. The van der Waals surface area contributed by atoms with Gasteiger partial charge < -0.3 is 9.47 Å². The lowest BCUT2D eigenvalue weighted by atomic mass is 10.1. The first-order chi connectivity index (χ1) is 9.92. The van der Waals surface area contributed by atoms with E-state index in [1.807, 2.05) is 0 Å². The highest BCUT2D eigenvalue weighted by atomic mass is 19.4. The van der Waals surface area contributed by atoms with Crippen LogP contribution in [0.5, 0.6) is 5.75 Å². The number of hydrogen-bond donors (Lipinski definition) is 1. The van der Waals surface area contributed by atoms with E-state index in [1.165, 1.54) is 18.2 Å². The molecule has 9 heteroatoms. The molecule has 0 amide bonds. The van der Waals surface area contributed by atoms with Crippen molar-refractivity contribution in [3.05, 3.63) is 30.0 Å². The number of esters is 1. The van der Waals surface area contributed by atoms with Crippen molar-refractivity contribution < 1.29 is 27.4 Å². The highest BCUT2D eigenvalue weighted by Gasteiger charge is 2.33. The first kappa shape index (κ1) is 14.8. The number of rotatable bonds is 4. The number of aromatic nitrogens is 3. The molecular formula is C12H10F3N3O3. The molecule has 2 aromatic rings. The fourth-order valence-corrected chi connectivity index (χ4v) is 1.64. The molecule has 0 aliphatic rings. The number of halogens is 3. The molecule has 0 bridgehead atoms. The number of nitrogens with one attached hydrogen (secondary N) is 1. The number of H-pyrrole nitrogens is 1. The molecule has 0 radical (unpaired) electrons. The van der Waals surface area contributed by atoms with Gasteiger partial charge in [0, 0.05) is 5.56 Å². The minimum atomic E-state index is -4.86. The molecular weight excluding hydrogens is 291 g/mol. The first-order valence-corrected chi connectivity index (χ1v) is 5.85. The molecule has 1 heterocycles. The van der Waals surface area contributed by atoms with Gasteiger partial charge in [0.25, 0.3) is 0 Å². The van der Waals surface area contributed by atoms with Gasteiger partial charge in [-0.15, -0.1) is 18.3 Å². The summed E-state index contributed by atoms with van der Waals surface area (Å²) in [5.41, 5.74) is -0.310. The molecule has 21 heavy (non-hydrogen) atoms. The van der Waals surface area contributed by atoms with Crippen LogP contribution in [0.4, 0.5) is 13.2 Å². The van der Waals surface area contributed by atoms with Gasteiger partial charge in [0.2, 0.25) is 0 Å². The number of hydrogen-bond acceptors (Lipinski definition) is 5. The average Bonchev–Trinajstić information content (AvgIpc) is 2.87. The third-order valence-corrected chi connectivity index (χ3v) is 2.38. The number of nitrogens with zero attached hydrogens (tertiary/aromatic N) is 2. The number of para-hydroxylation sites is 1. The molecule has 0 atom stereocenters. The molecule has 0 saturated heterocycles. The quantitative estimate of drug-likeness (QED) is 0.878. The van der Waals surface area contributed by atoms with Crippen molar-refractivity contribution in [1.82, 2.24) is 15.4 Å². The first-order valence-electron chi connectivity index (χ1n) is 5.85. The lowest BCUT2D eigenvalue weighted by molar-refractivity contribution is -0.274. The standard InChI is InChI=1S/C12H10F3N3O3/c1-2-20-11(19)10-9(16-18-17-10)7-5-3-4-6-8(7)21-12(13,14)15/h3-6H,2H2,1H3,(H,16,17,18). The zero-order valence-electron chi connectivity index (χ0n) is 10.8. The van der Waals surface area contributed by atoms with Crippen molar-refractivity contribution in [3.63, 3.8) is 0 Å². The summed E-state index contributed by atoms with van der Waals surface area (Å²) in [6, 6.07) is 5.31. The van der Waals surface area contributed by atoms with Gasteiger partial charge in [-0.25, -0.2) is 4.79 Å². The van der Waals surface area contributed by atoms with E-state index >= 15 is 0 Å². The summed E-state index contributed by atoms with van der Waals surface area (Å²) in [4.78, 5) is 11.7. The van der Waals surface area contributed by atoms with Gasteiger partial charge in [0.1, 0.15) is 11.4 Å². The van der Waals surface area contributed by atoms with Crippen LogP contribution in [-0.4, -0.2) is 34.3 Å². The summed E-state index contributed by atoms with van der Waals surface area (Å²) in [5.74, 6) is -1.27. The van der Waals surface area contributed by atoms with Crippen LogP contribution >= 0.6 is 0 Å². The fourth-order valence-electron chi connectivity index (χ4n) is 1.64. The van der Waals surface area contributed by atoms with Gasteiger partial charge in [0.05, 0.1) is 6.61 Å². The molecule has 0 saturated carbocycles. The van der Waals surface area contributed by atoms with Crippen LogP contribution in [0.1, 0.15) is 17.4 Å². The maximum atomic E-state index is 12.4. The monoisotopic (exact) mass is 301 g/mol. The number of aromatic amines is 1. The average molecular weight is 301 g/mol. The smallest absolute Gasteiger partial charge is 0.461 e. The Hall–Kier alpha value is -2.58.